The van der Waals surface area contributed by atoms with Crippen LogP contribution in [-0.2, 0) is 32.0 Å². The Morgan fingerprint density at radius 3 is 1.09 bits per heavy atom. The van der Waals surface area contributed by atoms with Crippen LogP contribution in [0, 0.1) is 0 Å². The smallest absolute Gasteiger partial charge is 0.325 e. The molecule has 81 heavy (non-hydrogen) atoms. The molecule has 424 valence electrons. The van der Waals surface area contributed by atoms with Gasteiger partial charge in [0.15, 0.2) is 11.6 Å². The molecule has 0 aliphatic heterocycles. The molecular formula is C64H74N8O8S. The topological polar surface area (TPSA) is 243 Å². The van der Waals surface area contributed by atoms with Gasteiger partial charge in [0.05, 0.1) is 4.88 Å². The Hall–Kier alpha value is -9.22. The zero-order valence-corrected chi connectivity index (χ0v) is 48.4. The van der Waals surface area contributed by atoms with E-state index < -0.39 is 59.7 Å². The van der Waals surface area contributed by atoms with Crippen LogP contribution in [0.1, 0.15) is 100 Å². The number of carboxylic acid groups (broad SMARTS) is 2. The van der Waals surface area contributed by atoms with Gasteiger partial charge in [0.2, 0.25) is 11.8 Å². The highest BCUT2D eigenvalue weighted by atomic mass is 32.1. The number of aliphatic carboxylic acids is 2. The van der Waals surface area contributed by atoms with Gasteiger partial charge < -0.3 is 31.5 Å². The van der Waals surface area contributed by atoms with E-state index in [-0.39, 0.29) is 12.8 Å². The van der Waals surface area contributed by atoms with E-state index >= 15 is 0 Å². The van der Waals surface area contributed by atoms with Crippen molar-refractivity contribution in [3.05, 3.63) is 203 Å². The molecule has 0 saturated carbocycles. The van der Waals surface area contributed by atoms with Crippen molar-refractivity contribution in [1.29, 1.82) is 0 Å². The Kier molecular flexibility index (Phi) is 29.4. The molecule has 0 bridgehead atoms. The van der Waals surface area contributed by atoms with Gasteiger partial charge in [0.1, 0.15) is 24.2 Å². The normalized spacial score (nSPS) is 11.4. The number of hydrogen-bond acceptors (Lipinski definition) is 11. The van der Waals surface area contributed by atoms with Gasteiger partial charge in [-0.25, -0.2) is 19.9 Å². The molecule has 0 spiro atoms. The summed E-state index contributed by atoms with van der Waals surface area (Å²) >= 11 is 1.26. The standard InChI is InChI=1S/C29H26N4O4.C27H24N4O4S.4C2H6/c1-19(29(36)37)32-28(35)25(33-27(34)23-10-6-3-7-11-23)16-20-12-14-22(15-13-20)26-30-17-24(18-31-26)21-8-4-2-5-9-21;1-17(27(34)35)30-25(32)22(31-26(33)23-8-5-13-36-23)14-18-9-11-20(12-10-18)24-28-15-21(16-29-24)19-6-3-2-4-7-19;4*1-2/h2-15,17-19,25H,16H2,1H3,(H,32,35)(H,33,34)(H,36,37);2-13,15-17,22H,14H2,1H3,(H,30,32)(H,31,33)(H,34,35);4*1-2H3. The van der Waals surface area contributed by atoms with E-state index in [9.17, 15) is 28.8 Å². The summed E-state index contributed by atoms with van der Waals surface area (Å²) in [5.74, 6) is -3.16. The summed E-state index contributed by atoms with van der Waals surface area (Å²) in [6, 6.07) is 42.3. The summed E-state index contributed by atoms with van der Waals surface area (Å²) in [4.78, 5) is 91.7. The number of amides is 4. The Balaban J connectivity index is 0.000000379. The number of aromatic nitrogens is 4. The third kappa shape index (κ3) is 21.2. The Morgan fingerprint density at radius 1 is 0.407 bits per heavy atom. The van der Waals surface area contributed by atoms with Crippen molar-refractivity contribution in [3.8, 4) is 45.0 Å². The molecule has 0 aliphatic carbocycles. The predicted octanol–water partition coefficient (Wildman–Crippen LogP) is 11.6. The summed E-state index contributed by atoms with van der Waals surface area (Å²) < 4.78 is 0. The summed E-state index contributed by atoms with van der Waals surface area (Å²) in [5, 5.41) is 30.4. The molecule has 0 saturated heterocycles. The van der Waals surface area contributed by atoms with Crippen LogP contribution in [0.15, 0.2) is 182 Å². The molecule has 6 N–H and O–H groups in total. The largest absolute Gasteiger partial charge is 0.480 e. The van der Waals surface area contributed by atoms with Crippen molar-refractivity contribution in [3.63, 3.8) is 0 Å². The molecule has 8 rings (SSSR count). The van der Waals surface area contributed by atoms with E-state index in [0.29, 0.717) is 22.1 Å². The molecule has 0 fully saturated rings. The third-order valence-corrected chi connectivity index (χ3v) is 12.2. The van der Waals surface area contributed by atoms with Gasteiger partial charge in [-0.15, -0.1) is 11.3 Å². The first-order valence-electron chi connectivity index (χ1n) is 27.0. The van der Waals surface area contributed by atoms with E-state index in [4.69, 9.17) is 10.2 Å². The fraction of sp³-hybridized carbons (Fsp3) is 0.250. The lowest BCUT2D eigenvalue weighted by molar-refractivity contribution is -0.141. The van der Waals surface area contributed by atoms with Gasteiger partial charge in [-0.1, -0.05) is 189 Å². The number of benzene rings is 5. The monoisotopic (exact) mass is 1110 g/mol. The van der Waals surface area contributed by atoms with Gasteiger partial charge in [0.25, 0.3) is 11.8 Å². The first-order chi connectivity index (χ1) is 39.3. The van der Waals surface area contributed by atoms with E-state index in [0.717, 1.165) is 44.5 Å². The lowest BCUT2D eigenvalue weighted by atomic mass is 10.0. The summed E-state index contributed by atoms with van der Waals surface area (Å²) in [7, 11) is 0. The van der Waals surface area contributed by atoms with Gasteiger partial charge in [0, 0.05) is 65.4 Å². The minimum Gasteiger partial charge on any atom is -0.480 e. The van der Waals surface area contributed by atoms with Gasteiger partial charge in [-0.05, 0) is 59.7 Å². The zero-order chi connectivity index (χ0) is 59.7. The Bertz CT molecular complexity index is 3110. The number of nitrogens with one attached hydrogen (secondary N) is 4. The molecule has 16 nitrogen and oxygen atoms in total. The predicted molar refractivity (Wildman–Crippen MR) is 322 cm³/mol. The number of rotatable bonds is 18. The number of thiophene rings is 1. The van der Waals surface area contributed by atoms with Crippen LogP contribution in [0.25, 0.3) is 45.0 Å². The van der Waals surface area contributed by atoms with Crippen LogP contribution in [-0.4, -0.2) is 89.9 Å². The van der Waals surface area contributed by atoms with Crippen molar-refractivity contribution in [2.75, 3.05) is 0 Å². The average molecular weight is 1120 g/mol. The highest BCUT2D eigenvalue weighted by Crippen LogP contribution is 2.23. The average Bonchev–Trinajstić information content (AvgIpc) is 4.08. The van der Waals surface area contributed by atoms with Crippen molar-refractivity contribution in [2.24, 2.45) is 0 Å². The van der Waals surface area contributed by atoms with Crippen LogP contribution in [0.4, 0.5) is 0 Å². The van der Waals surface area contributed by atoms with Crippen molar-refractivity contribution >= 4 is 46.9 Å². The molecule has 0 aliphatic rings. The van der Waals surface area contributed by atoms with Crippen molar-refractivity contribution in [1.82, 2.24) is 41.2 Å². The van der Waals surface area contributed by atoms with Gasteiger partial charge in [-0.2, -0.15) is 0 Å². The minimum absolute atomic E-state index is 0.171. The van der Waals surface area contributed by atoms with E-state index in [1.54, 1.807) is 72.6 Å². The van der Waals surface area contributed by atoms with Crippen molar-refractivity contribution < 1.29 is 39.0 Å². The number of carboxylic acids is 2. The number of nitrogens with zero attached hydrogens (tertiary/aromatic N) is 4. The SMILES string of the molecule is CC.CC.CC.CC.CC(NC(=O)C(Cc1ccc(-c2ncc(-c3ccccc3)cn2)cc1)NC(=O)c1ccccc1)C(=O)O.CC(NC(=O)C(Cc1ccc(-c2ncc(-c3ccccc3)cn2)cc1)NC(=O)c1cccs1)C(=O)O. The molecule has 4 amide bonds. The van der Waals surface area contributed by atoms with Gasteiger partial charge in [-0.3, -0.25) is 28.8 Å². The maximum absolute atomic E-state index is 12.9. The number of carbonyl (C=O) groups is 6. The van der Waals surface area contributed by atoms with Crippen LogP contribution in [0.3, 0.4) is 0 Å². The molecule has 3 aromatic heterocycles. The number of hydrogen-bond donors (Lipinski definition) is 6. The highest BCUT2D eigenvalue weighted by Gasteiger charge is 2.27. The quantitative estimate of drug-likeness (QED) is 0.0470. The van der Waals surface area contributed by atoms with Crippen LogP contribution >= 0.6 is 11.3 Å². The van der Waals surface area contributed by atoms with Crippen LogP contribution in [0.2, 0.25) is 0 Å². The second kappa shape index (κ2) is 36.0. The summed E-state index contributed by atoms with van der Waals surface area (Å²) in [6.07, 6.45) is 7.45. The van der Waals surface area contributed by atoms with E-state index in [2.05, 4.69) is 41.2 Å². The molecule has 3 heterocycles. The Morgan fingerprint density at radius 2 is 0.753 bits per heavy atom. The molecule has 4 atom stereocenters. The third-order valence-electron chi connectivity index (χ3n) is 11.3. The first-order valence-corrected chi connectivity index (χ1v) is 27.9. The highest BCUT2D eigenvalue weighted by molar-refractivity contribution is 7.12. The minimum atomic E-state index is -1.16. The fourth-order valence-corrected chi connectivity index (χ4v) is 7.83. The maximum atomic E-state index is 12.9. The molecule has 0 radical (unpaired) electrons. The zero-order valence-electron chi connectivity index (χ0n) is 47.6. The fourth-order valence-electron chi connectivity index (χ4n) is 7.20. The van der Waals surface area contributed by atoms with E-state index in [1.807, 2.05) is 165 Å². The Labute approximate surface area is 479 Å². The van der Waals surface area contributed by atoms with Crippen LogP contribution in [0.5, 0.6) is 0 Å². The maximum Gasteiger partial charge on any atom is 0.325 e. The van der Waals surface area contributed by atoms with Gasteiger partial charge >= 0.3 is 11.9 Å². The second-order valence-corrected chi connectivity index (χ2v) is 17.6. The first kappa shape index (κ1) is 66.1. The molecule has 8 aromatic rings. The second-order valence-electron chi connectivity index (χ2n) is 16.7. The van der Waals surface area contributed by atoms with Crippen LogP contribution < -0.4 is 21.3 Å². The lowest BCUT2D eigenvalue weighted by Gasteiger charge is -2.20. The number of carbonyl (C=O) groups excluding carboxylic acids is 4. The van der Waals surface area contributed by atoms with Crippen molar-refractivity contribution in [2.45, 2.75) is 106 Å². The summed E-state index contributed by atoms with van der Waals surface area (Å²) in [5.41, 5.74) is 7.47. The lowest BCUT2D eigenvalue weighted by Crippen LogP contribution is -2.51. The molecule has 5 aromatic carbocycles. The molecular weight excluding hydrogens is 1040 g/mol. The molecule has 4 unspecified atom stereocenters. The molecule has 17 heteroatoms. The van der Waals surface area contributed by atoms with E-state index in [1.165, 1.54) is 25.2 Å². The summed E-state index contributed by atoms with van der Waals surface area (Å²) in [6.45, 7) is 18.7.